The molecule has 0 bridgehead atoms. The number of rotatable bonds is 4. The highest BCUT2D eigenvalue weighted by Crippen LogP contribution is 2.34. The minimum Gasteiger partial charge on any atom is -0.358 e. The lowest BCUT2D eigenvalue weighted by Gasteiger charge is -2.24. The Kier molecular flexibility index (Phi) is 5.72. The Hall–Kier alpha value is -2.73. The molecule has 1 atom stereocenters. The fourth-order valence-electron chi connectivity index (χ4n) is 3.82. The van der Waals surface area contributed by atoms with Crippen molar-refractivity contribution in [2.45, 2.75) is 25.5 Å². The molecular weight excluding hydrogens is 431 g/mol. The highest BCUT2D eigenvalue weighted by atomic mass is 35.5. The monoisotopic (exact) mass is 450 g/mol. The first-order valence-corrected chi connectivity index (χ1v) is 11.0. The molecule has 156 valence electrons. The Bertz CT molecular complexity index is 1190. The Balaban J connectivity index is 1.67. The summed E-state index contributed by atoms with van der Waals surface area (Å²) in [6.07, 6.45) is 2.81. The molecule has 31 heavy (non-hydrogen) atoms. The van der Waals surface area contributed by atoms with Gasteiger partial charge in [-0.25, -0.2) is 15.0 Å². The molecule has 1 fully saturated rings. The minimum absolute atomic E-state index is 0.181. The van der Waals surface area contributed by atoms with Crippen molar-refractivity contribution in [3.05, 3.63) is 88.2 Å². The van der Waals surface area contributed by atoms with Crippen molar-refractivity contribution >= 4 is 45.9 Å². The predicted molar refractivity (Wildman–Crippen MR) is 125 cm³/mol. The smallest absolute Gasteiger partial charge is 0.207 e. The van der Waals surface area contributed by atoms with Crippen LogP contribution in [0.3, 0.4) is 0 Å². The van der Waals surface area contributed by atoms with Crippen molar-refractivity contribution in [3.63, 3.8) is 0 Å². The van der Waals surface area contributed by atoms with E-state index in [2.05, 4.69) is 4.98 Å². The summed E-state index contributed by atoms with van der Waals surface area (Å²) in [6, 6.07) is 21.8. The summed E-state index contributed by atoms with van der Waals surface area (Å²) in [4.78, 5) is 14.1. The van der Waals surface area contributed by atoms with Gasteiger partial charge in [-0.05, 0) is 36.9 Å². The number of nitrogens with zero attached hydrogens (tertiary/aromatic N) is 4. The minimum atomic E-state index is -0.181. The lowest BCUT2D eigenvalue weighted by Crippen LogP contribution is -2.18. The van der Waals surface area contributed by atoms with Gasteiger partial charge in [0.05, 0.1) is 10.7 Å². The van der Waals surface area contributed by atoms with Gasteiger partial charge in [-0.1, -0.05) is 72.3 Å². The van der Waals surface area contributed by atoms with Crippen LogP contribution in [0.1, 0.15) is 36.6 Å². The van der Waals surface area contributed by atoms with Gasteiger partial charge in [-0.2, -0.15) is 0 Å². The fourth-order valence-corrected chi connectivity index (χ4v) is 4.28. The molecule has 0 N–H and O–H groups in total. The van der Waals surface area contributed by atoms with Gasteiger partial charge in [0.2, 0.25) is 5.28 Å². The van der Waals surface area contributed by atoms with E-state index in [4.69, 9.17) is 37.9 Å². The molecule has 4 aromatic rings. The van der Waals surface area contributed by atoms with Gasteiger partial charge in [-0.3, -0.25) is 4.57 Å². The number of fused-ring (bicyclic) bond motifs is 1. The first kappa shape index (κ1) is 20.2. The van der Waals surface area contributed by atoms with Gasteiger partial charge in [0.25, 0.3) is 0 Å². The van der Waals surface area contributed by atoms with Crippen molar-refractivity contribution in [1.82, 2.24) is 14.5 Å². The topological polar surface area (TPSA) is 52.3 Å². The van der Waals surface area contributed by atoms with Crippen LogP contribution in [-0.4, -0.2) is 26.9 Å². The van der Waals surface area contributed by atoms with Crippen LogP contribution in [-0.2, 0) is 4.74 Å². The fraction of sp³-hybridized carbons (Fsp3) is 0.208. The Morgan fingerprint density at radius 1 is 0.935 bits per heavy atom. The maximum atomic E-state index is 6.58. The summed E-state index contributed by atoms with van der Waals surface area (Å²) in [5, 5.41) is 0.765. The number of hydrogen-bond acceptors (Lipinski definition) is 4. The van der Waals surface area contributed by atoms with E-state index in [1.807, 2.05) is 65.2 Å². The molecule has 3 heterocycles. The zero-order chi connectivity index (χ0) is 21.2. The van der Waals surface area contributed by atoms with E-state index in [1.165, 1.54) is 0 Å². The van der Waals surface area contributed by atoms with Crippen LogP contribution >= 0.6 is 23.2 Å². The molecule has 2 aromatic carbocycles. The standard InChI is InChI=1S/C24H20Cl2N4O/c25-18-15-19-23(30(24(26)27-19)20-13-7-8-14-31-20)29-22(18)28-21(16-9-3-1-4-10-16)17-11-5-2-6-12-17/h1-6,9-12,15,20H,7-8,13-14H2. The van der Waals surface area contributed by atoms with Gasteiger partial charge in [0.1, 0.15) is 11.7 Å². The molecule has 1 unspecified atom stereocenters. The van der Waals surface area contributed by atoms with Crippen LogP contribution in [0.25, 0.3) is 11.2 Å². The van der Waals surface area contributed by atoms with Crippen LogP contribution in [0.2, 0.25) is 10.3 Å². The first-order valence-electron chi connectivity index (χ1n) is 10.3. The van der Waals surface area contributed by atoms with Crippen molar-refractivity contribution in [2.75, 3.05) is 6.61 Å². The maximum absolute atomic E-state index is 6.58. The SMILES string of the molecule is Clc1cc2nc(Cl)n(C3CCCCO3)c2nc1N=C(c1ccccc1)c1ccccc1. The number of benzene rings is 2. The number of pyridine rings is 1. The number of hydrogen-bond donors (Lipinski definition) is 0. The van der Waals surface area contributed by atoms with Gasteiger partial charge in [0, 0.05) is 17.7 Å². The molecular formula is C24H20Cl2N4O. The van der Waals surface area contributed by atoms with Crippen molar-refractivity contribution < 1.29 is 4.74 Å². The van der Waals surface area contributed by atoms with E-state index in [1.54, 1.807) is 6.07 Å². The molecule has 1 aliphatic rings. The molecule has 1 saturated heterocycles. The van der Waals surface area contributed by atoms with Crippen LogP contribution < -0.4 is 0 Å². The zero-order valence-electron chi connectivity index (χ0n) is 16.7. The predicted octanol–water partition coefficient (Wildman–Crippen LogP) is 6.61. The number of halogens is 2. The Morgan fingerprint density at radius 2 is 1.61 bits per heavy atom. The molecule has 0 spiro atoms. The quantitative estimate of drug-likeness (QED) is 0.328. The highest BCUT2D eigenvalue weighted by Gasteiger charge is 2.23. The second-order valence-electron chi connectivity index (χ2n) is 7.40. The summed E-state index contributed by atoms with van der Waals surface area (Å²) < 4.78 is 7.77. The molecule has 2 aromatic heterocycles. The largest absolute Gasteiger partial charge is 0.358 e. The first-order chi connectivity index (χ1) is 15.2. The van der Waals surface area contributed by atoms with Gasteiger partial charge < -0.3 is 4.74 Å². The van der Waals surface area contributed by atoms with E-state index in [-0.39, 0.29) is 6.23 Å². The highest BCUT2D eigenvalue weighted by molar-refractivity contribution is 6.34. The molecule has 0 saturated carbocycles. The molecule has 7 heteroatoms. The number of imidazole rings is 1. The molecule has 1 aliphatic heterocycles. The third-order valence-electron chi connectivity index (χ3n) is 5.31. The second kappa shape index (κ2) is 8.79. The van der Waals surface area contributed by atoms with Gasteiger partial charge in [0.15, 0.2) is 11.5 Å². The van der Waals surface area contributed by atoms with E-state index in [0.717, 1.165) is 36.1 Å². The molecule has 0 amide bonds. The summed E-state index contributed by atoms with van der Waals surface area (Å²) in [5.74, 6) is 0.422. The van der Waals surface area contributed by atoms with E-state index >= 15 is 0 Å². The zero-order valence-corrected chi connectivity index (χ0v) is 18.2. The Morgan fingerprint density at radius 3 is 2.23 bits per heavy atom. The van der Waals surface area contributed by atoms with E-state index < -0.39 is 0 Å². The van der Waals surface area contributed by atoms with E-state index in [9.17, 15) is 0 Å². The summed E-state index contributed by atoms with van der Waals surface area (Å²) in [5.41, 5.74) is 4.01. The molecule has 5 nitrogen and oxygen atoms in total. The number of aliphatic imine (C=N–C) groups is 1. The van der Waals surface area contributed by atoms with Crippen molar-refractivity contribution in [1.29, 1.82) is 0 Å². The lowest BCUT2D eigenvalue weighted by atomic mass is 10.0. The number of aromatic nitrogens is 3. The average Bonchev–Trinajstić information content (AvgIpc) is 3.13. The lowest BCUT2D eigenvalue weighted by molar-refractivity contribution is -0.0296. The van der Waals surface area contributed by atoms with Crippen molar-refractivity contribution in [2.24, 2.45) is 4.99 Å². The third kappa shape index (κ3) is 4.09. The van der Waals surface area contributed by atoms with Crippen molar-refractivity contribution in [3.8, 4) is 0 Å². The number of ether oxygens (including phenoxy) is 1. The second-order valence-corrected chi connectivity index (χ2v) is 8.15. The third-order valence-corrected chi connectivity index (χ3v) is 5.86. The Labute approximate surface area is 190 Å². The molecule has 5 rings (SSSR count). The van der Waals surface area contributed by atoms with Gasteiger partial charge >= 0.3 is 0 Å². The van der Waals surface area contributed by atoms with Gasteiger partial charge in [-0.15, -0.1) is 0 Å². The summed E-state index contributed by atoms with van der Waals surface area (Å²) in [7, 11) is 0. The van der Waals surface area contributed by atoms with Crippen LogP contribution in [0, 0.1) is 0 Å². The maximum Gasteiger partial charge on any atom is 0.207 e. The summed E-state index contributed by atoms with van der Waals surface area (Å²) in [6.45, 7) is 0.700. The van der Waals surface area contributed by atoms with E-state index in [0.29, 0.717) is 33.9 Å². The van der Waals surface area contributed by atoms with Crippen LogP contribution in [0.15, 0.2) is 71.7 Å². The molecule has 0 aliphatic carbocycles. The molecule has 0 radical (unpaired) electrons. The normalized spacial score (nSPS) is 16.4. The average molecular weight is 451 g/mol. The summed E-state index contributed by atoms with van der Waals surface area (Å²) >= 11 is 13.0. The van der Waals surface area contributed by atoms with Crippen LogP contribution in [0.5, 0.6) is 0 Å². The van der Waals surface area contributed by atoms with Crippen LogP contribution in [0.4, 0.5) is 5.82 Å².